The quantitative estimate of drug-likeness (QED) is 0.690. The third kappa shape index (κ3) is 6.92. The molecule has 0 unspecified atom stereocenters. The van der Waals surface area contributed by atoms with Crippen LogP contribution in [0.3, 0.4) is 0 Å². The number of thioether (sulfide) groups is 1. The lowest BCUT2D eigenvalue weighted by Crippen LogP contribution is -2.41. The second-order valence-corrected chi connectivity index (χ2v) is 6.31. The molecule has 0 radical (unpaired) electrons. The van der Waals surface area contributed by atoms with E-state index in [2.05, 4.69) is 10.4 Å². The Bertz CT molecular complexity index is 736. The Morgan fingerprint density at radius 2 is 2.08 bits per heavy atom. The predicted molar refractivity (Wildman–Crippen MR) is 91.7 cm³/mol. The number of carbonyl (C=O) groups excluding carboxylic acids is 1. The van der Waals surface area contributed by atoms with Gasteiger partial charge in [0.15, 0.2) is 0 Å². The van der Waals surface area contributed by atoms with Gasteiger partial charge in [-0.05, 0) is 17.9 Å². The molecule has 0 spiro atoms. The fraction of sp³-hybridized carbons (Fsp3) is 0.400. The Balaban J connectivity index is 0.000000412. The summed E-state index contributed by atoms with van der Waals surface area (Å²) in [5, 5.41) is 14.2. The van der Waals surface area contributed by atoms with Gasteiger partial charge in [-0.1, -0.05) is 13.0 Å². The molecule has 0 saturated heterocycles. The van der Waals surface area contributed by atoms with Crippen molar-refractivity contribution in [2.45, 2.75) is 25.7 Å². The van der Waals surface area contributed by atoms with E-state index in [0.717, 1.165) is 16.8 Å². The molecule has 0 aliphatic heterocycles. The van der Waals surface area contributed by atoms with E-state index in [-0.39, 0.29) is 5.91 Å². The van der Waals surface area contributed by atoms with Crippen LogP contribution in [0.1, 0.15) is 12.5 Å². The molecule has 4 N–H and O–H groups in total. The molecule has 0 aromatic carbocycles. The summed E-state index contributed by atoms with van der Waals surface area (Å²) in [4.78, 5) is 20.7. The van der Waals surface area contributed by atoms with Gasteiger partial charge >= 0.3 is 12.1 Å². The van der Waals surface area contributed by atoms with Gasteiger partial charge in [0.05, 0.1) is 17.8 Å². The molecule has 2 rings (SSSR count). The number of pyridine rings is 1. The van der Waals surface area contributed by atoms with Gasteiger partial charge in [0.1, 0.15) is 0 Å². The predicted octanol–water partition coefficient (Wildman–Crippen LogP) is 1.66. The van der Waals surface area contributed by atoms with Crippen LogP contribution in [-0.2, 0) is 16.1 Å². The number of amides is 1. The van der Waals surface area contributed by atoms with E-state index >= 15 is 0 Å². The van der Waals surface area contributed by atoms with Crippen LogP contribution in [0.2, 0.25) is 0 Å². The van der Waals surface area contributed by atoms with E-state index < -0.39 is 18.2 Å². The number of carboxylic acid groups (broad SMARTS) is 1. The number of rotatable bonds is 6. The lowest BCUT2D eigenvalue weighted by atomic mass is 10.2. The van der Waals surface area contributed by atoms with Crippen molar-refractivity contribution in [2.24, 2.45) is 5.73 Å². The van der Waals surface area contributed by atoms with E-state index in [0.29, 0.717) is 12.3 Å². The highest BCUT2D eigenvalue weighted by atomic mass is 32.2. The smallest absolute Gasteiger partial charge is 0.475 e. The molecule has 7 nitrogen and oxygen atoms in total. The Labute approximate surface area is 151 Å². The van der Waals surface area contributed by atoms with Crippen molar-refractivity contribution in [1.82, 2.24) is 14.9 Å². The summed E-state index contributed by atoms with van der Waals surface area (Å²) in [6.07, 6.45) is -1.44. The van der Waals surface area contributed by atoms with Crippen LogP contribution in [0.5, 0.6) is 0 Å². The topological polar surface area (TPSA) is 110 Å². The zero-order valence-corrected chi connectivity index (χ0v) is 14.7. The minimum absolute atomic E-state index is 0.115. The summed E-state index contributed by atoms with van der Waals surface area (Å²) in [6.45, 7) is 2.51. The lowest BCUT2D eigenvalue weighted by Gasteiger charge is -2.10. The molecule has 0 bridgehead atoms. The summed E-state index contributed by atoms with van der Waals surface area (Å²) < 4.78 is 33.5. The first-order valence-electron chi connectivity index (χ1n) is 7.49. The van der Waals surface area contributed by atoms with Gasteiger partial charge in [-0.2, -0.15) is 30.0 Å². The van der Waals surface area contributed by atoms with Crippen LogP contribution in [0.15, 0.2) is 30.6 Å². The first-order valence-corrected chi connectivity index (χ1v) is 8.64. The zero-order chi connectivity index (χ0) is 19.7. The maximum Gasteiger partial charge on any atom is 0.490 e. The summed E-state index contributed by atoms with van der Waals surface area (Å²) in [5.41, 5.74) is 7.79. The number of alkyl halides is 3. The van der Waals surface area contributed by atoms with Crippen molar-refractivity contribution < 1.29 is 27.9 Å². The molecule has 0 saturated carbocycles. The maximum absolute atomic E-state index is 11.8. The zero-order valence-electron chi connectivity index (χ0n) is 13.9. The van der Waals surface area contributed by atoms with Gasteiger partial charge in [0.2, 0.25) is 5.91 Å². The van der Waals surface area contributed by atoms with Crippen molar-refractivity contribution in [1.29, 1.82) is 0 Å². The third-order valence-corrected chi connectivity index (χ3v) is 4.04. The number of hydrogen-bond donors (Lipinski definition) is 3. The standard InChI is InChI=1S/C13H18N4OS.C2HF3O2/c1-2-19-9-11(14)13(18)15-7-10-8-16-17-6-4-3-5-12(10)17;3-2(4,5)1(6)7/h3-6,8,11H,2,7,9,14H2,1H3,(H,15,18);(H,6,7)/t11-;/m0./s1. The molecule has 1 atom stereocenters. The van der Waals surface area contributed by atoms with E-state index in [1.807, 2.05) is 31.3 Å². The van der Waals surface area contributed by atoms with E-state index in [1.54, 1.807) is 22.5 Å². The molecule has 2 aromatic heterocycles. The number of carbonyl (C=O) groups is 2. The van der Waals surface area contributed by atoms with Crippen LogP contribution >= 0.6 is 11.8 Å². The van der Waals surface area contributed by atoms with Gasteiger partial charge in [-0.3, -0.25) is 4.79 Å². The first-order chi connectivity index (χ1) is 12.2. The normalized spacial score (nSPS) is 12.2. The number of aliphatic carboxylic acids is 1. The summed E-state index contributed by atoms with van der Waals surface area (Å²) in [5.74, 6) is -1.25. The van der Waals surface area contributed by atoms with Gasteiger partial charge in [-0.15, -0.1) is 0 Å². The van der Waals surface area contributed by atoms with Crippen molar-refractivity contribution in [3.63, 3.8) is 0 Å². The largest absolute Gasteiger partial charge is 0.490 e. The number of carboxylic acids is 1. The highest BCUT2D eigenvalue weighted by molar-refractivity contribution is 7.99. The number of nitrogens with two attached hydrogens (primary N) is 1. The highest BCUT2D eigenvalue weighted by Crippen LogP contribution is 2.13. The van der Waals surface area contributed by atoms with Gasteiger partial charge in [0, 0.05) is 24.1 Å². The molecule has 0 fully saturated rings. The van der Waals surface area contributed by atoms with Gasteiger partial charge in [0.25, 0.3) is 0 Å². The molecule has 144 valence electrons. The molecule has 0 aliphatic carbocycles. The Hall–Kier alpha value is -2.27. The van der Waals surface area contributed by atoms with Crippen molar-refractivity contribution in [2.75, 3.05) is 11.5 Å². The van der Waals surface area contributed by atoms with Gasteiger partial charge < -0.3 is 16.2 Å². The van der Waals surface area contributed by atoms with Gasteiger partial charge in [-0.25, -0.2) is 9.31 Å². The third-order valence-electron chi connectivity index (χ3n) is 3.04. The molecule has 0 aliphatic rings. The van der Waals surface area contributed by atoms with Crippen molar-refractivity contribution >= 4 is 29.2 Å². The minimum Gasteiger partial charge on any atom is -0.475 e. The maximum atomic E-state index is 11.8. The summed E-state index contributed by atoms with van der Waals surface area (Å²) in [7, 11) is 0. The SMILES string of the molecule is CCSC[C@H](N)C(=O)NCc1cnn2ccccc12.O=C(O)C(F)(F)F. The summed E-state index contributed by atoms with van der Waals surface area (Å²) >= 11 is 1.67. The molecule has 26 heavy (non-hydrogen) atoms. The number of hydrogen-bond acceptors (Lipinski definition) is 5. The molecular formula is C15H19F3N4O3S. The average Bonchev–Trinajstić information content (AvgIpc) is 3.00. The number of nitrogens with one attached hydrogen (secondary N) is 1. The first kappa shape index (κ1) is 21.8. The molecule has 11 heteroatoms. The number of nitrogens with zero attached hydrogens (tertiary/aromatic N) is 2. The van der Waals surface area contributed by atoms with Crippen LogP contribution in [-0.4, -0.2) is 50.3 Å². The van der Waals surface area contributed by atoms with Crippen molar-refractivity contribution in [3.8, 4) is 0 Å². The Kier molecular flexibility index (Phi) is 8.39. The Morgan fingerprint density at radius 1 is 1.42 bits per heavy atom. The fourth-order valence-corrected chi connectivity index (χ4v) is 2.40. The molecule has 2 heterocycles. The van der Waals surface area contributed by atoms with E-state index in [9.17, 15) is 18.0 Å². The second-order valence-electron chi connectivity index (χ2n) is 4.99. The fourth-order valence-electron chi connectivity index (χ4n) is 1.76. The minimum atomic E-state index is -5.08. The van der Waals surface area contributed by atoms with Crippen LogP contribution < -0.4 is 11.1 Å². The monoisotopic (exact) mass is 392 g/mol. The second kappa shape index (κ2) is 10.0. The number of fused-ring (bicyclic) bond motifs is 1. The van der Waals surface area contributed by atoms with Crippen molar-refractivity contribution in [3.05, 3.63) is 36.2 Å². The summed E-state index contributed by atoms with van der Waals surface area (Å²) in [6, 6.07) is 5.39. The molecule has 2 aromatic rings. The molecule has 1 amide bonds. The van der Waals surface area contributed by atoms with E-state index in [4.69, 9.17) is 15.6 Å². The van der Waals surface area contributed by atoms with Crippen LogP contribution in [0.25, 0.3) is 5.52 Å². The highest BCUT2D eigenvalue weighted by Gasteiger charge is 2.38. The van der Waals surface area contributed by atoms with Crippen LogP contribution in [0.4, 0.5) is 13.2 Å². The van der Waals surface area contributed by atoms with E-state index in [1.165, 1.54) is 0 Å². The lowest BCUT2D eigenvalue weighted by molar-refractivity contribution is -0.192. The molecular weight excluding hydrogens is 373 g/mol. The average molecular weight is 392 g/mol. The number of halogens is 3. The Morgan fingerprint density at radius 3 is 2.65 bits per heavy atom. The number of aromatic nitrogens is 2. The van der Waals surface area contributed by atoms with Crippen LogP contribution in [0, 0.1) is 0 Å².